The lowest BCUT2D eigenvalue weighted by molar-refractivity contribution is 0.0993. The molecule has 1 aliphatic heterocycles. The van der Waals surface area contributed by atoms with Crippen LogP contribution in [0.1, 0.15) is 36.0 Å². The van der Waals surface area contributed by atoms with Gasteiger partial charge in [-0.15, -0.1) is 0 Å². The van der Waals surface area contributed by atoms with Crippen molar-refractivity contribution >= 4 is 32.4 Å². The third-order valence-corrected chi connectivity index (χ3v) is 7.60. The highest BCUT2D eigenvalue weighted by Gasteiger charge is 2.26. The molecule has 1 fully saturated rings. The van der Waals surface area contributed by atoms with Crippen molar-refractivity contribution in [3.8, 4) is 0 Å². The highest BCUT2D eigenvalue weighted by atomic mass is 32.2. The molecule has 0 bridgehead atoms. The highest BCUT2D eigenvalue weighted by molar-refractivity contribution is 7.89. The monoisotopic (exact) mass is 422 g/mol. The number of carbonyl (C=O) groups excluding carboxylic acids is 1. The Morgan fingerprint density at radius 1 is 0.833 bits per heavy atom. The topological polar surface area (TPSA) is 57.7 Å². The van der Waals surface area contributed by atoms with E-state index in [4.69, 9.17) is 0 Å². The number of anilines is 1. The van der Waals surface area contributed by atoms with Crippen molar-refractivity contribution in [3.05, 3.63) is 72.3 Å². The molecule has 0 spiro atoms. The minimum Gasteiger partial charge on any atom is -0.311 e. The fourth-order valence-electron chi connectivity index (χ4n) is 3.92. The fourth-order valence-corrected chi connectivity index (χ4v) is 5.48. The molecular formula is C24H26N2O3S. The zero-order valence-electron chi connectivity index (χ0n) is 17.1. The average Bonchev–Trinajstić information content (AvgIpc) is 3.08. The number of benzene rings is 3. The highest BCUT2D eigenvalue weighted by Crippen LogP contribution is 2.25. The summed E-state index contributed by atoms with van der Waals surface area (Å²) in [6.07, 6.45) is 3.87. The molecule has 1 heterocycles. The van der Waals surface area contributed by atoms with Crippen molar-refractivity contribution < 1.29 is 13.2 Å². The molecule has 1 saturated heterocycles. The Hall–Kier alpha value is -2.70. The molecule has 1 amide bonds. The Bertz CT molecular complexity index is 1170. The first kappa shape index (κ1) is 20.6. The van der Waals surface area contributed by atoms with E-state index in [-0.39, 0.29) is 10.8 Å². The molecule has 0 N–H and O–H groups in total. The second-order valence-corrected chi connectivity index (χ2v) is 9.68. The second-order valence-electron chi connectivity index (χ2n) is 7.74. The predicted molar refractivity (Wildman–Crippen MR) is 120 cm³/mol. The largest absolute Gasteiger partial charge is 0.311 e. The molecule has 4 rings (SSSR count). The molecule has 0 radical (unpaired) electrons. The van der Waals surface area contributed by atoms with Gasteiger partial charge in [-0.1, -0.05) is 49.2 Å². The van der Waals surface area contributed by atoms with E-state index in [0.29, 0.717) is 18.7 Å². The third-order valence-electron chi connectivity index (χ3n) is 5.71. The number of nitrogens with zero attached hydrogens (tertiary/aromatic N) is 2. The van der Waals surface area contributed by atoms with Gasteiger partial charge in [0.15, 0.2) is 0 Å². The fraction of sp³-hybridized carbons (Fsp3) is 0.292. The van der Waals surface area contributed by atoms with Crippen LogP contribution in [0.2, 0.25) is 0 Å². The minimum atomic E-state index is -3.60. The molecule has 0 aliphatic carbocycles. The van der Waals surface area contributed by atoms with Crippen molar-refractivity contribution in [2.24, 2.45) is 0 Å². The first-order valence-electron chi connectivity index (χ1n) is 10.3. The molecule has 156 valence electrons. The van der Waals surface area contributed by atoms with Crippen molar-refractivity contribution in [1.29, 1.82) is 0 Å². The van der Waals surface area contributed by atoms with Gasteiger partial charge in [-0.3, -0.25) is 4.79 Å². The summed E-state index contributed by atoms with van der Waals surface area (Å²) in [4.78, 5) is 14.9. The van der Waals surface area contributed by atoms with E-state index in [1.54, 1.807) is 34.5 Å². The van der Waals surface area contributed by atoms with E-state index < -0.39 is 10.0 Å². The standard InChI is InChI=1S/C24H26N2O3S/c1-25(22-14-13-19-9-4-5-10-20(19)17-22)24(27)21-11-8-12-23(18-21)30(28,29)26-15-6-2-3-7-16-26/h4-5,8-14,17-18H,2-3,6-7,15-16H2,1H3. The molecule has 0 atom stereocenters. The number of hydrogen-bond acceptors (Lipinski definition) is 3. The molecule has 0 aromatic heterocycles. The van der Waals surface area contributed by atoms with Crippen molar-refractivity contribution in [3.63, 3.8) is 0 Å². The number of sulfonamides is 1. The maximum Gasteiger partial charge on any atom is 0.258 e. The van der Waals surface area contributed by atoms with Crippen LogP contribution in [0.4, 0.5) is 5.69 Å². The number of amides is 1. The summed E-state index contributed by atoms with van der Waals surface area (Å²) in [5.41, 5.74) is 1.13. The van der Waals surface area contributed by atoms with Gasteiger partial charge in [0.25, 0.3) is 5.91 Å². The first-order valence-corrected chi connectivity index (χ1v) is 11.8. The molecular weight excluding hydrogens is 396 g/mol. The Morgan fingerprint density at radius 3 is 2.27 bits per heavy atom. The van der Waals surface area contributed by atoms with Crippen molar-refractivity contribution in [1.82, 2.24) is 4.31 Å². The van der Waals surface area contributed by atoms with Gasteiger partial charge in [0.2, 0.25) is 10.0 Å². The van der Waals surface area contributed by atoms with Crippen LogP contribution in [-0.4, -0.2) is 38.8 Å². The van der Waals surface area contributed by atoms with Crippen LogP contribution >= 0.6 is 0 Å². The van der Waals surface area contributed by atoms with E-state index >= 15 is 0 Å². The van der Waals surface area contributed by atoms with Crippen LogP contribution in [0.15, 0.2) is 71.6 Å². The summed E-state index contributed by atoms with van der Waals surface area (Å²) in [5, 5.41) is 2.15. The van der Waals surface area contributed by atoms with Crippen LogP contribution in [0.5, 0.6) is 0 Å². The Kier molecular flexibility index (Phi) is 5.88. The SMILES string of the molecule is CN(C(=O)c1cccc(S(=O)(=O)N2CCCCCC2)c1)c1ccc2ccccc2c1. The van der Waals surface area contributed by atoms with Crippen LogP contribution in [0.25, 0.3) is 10.8 Å². The quantitative estimate of drug-likeness (QED) is 0.613. The molecule has 30 heavy (non-hydrogen) atoms. The predicted octanol–water partition coefficient (Wildman–Crippen LogP) is 4.68. The molecule has 0 saturated carbocycles. The Labute approximate surface area is 178 Å². The van der Waals surface area contributed by atoms with Crippen molar-refractivity contribution in [2.45, 2.75) is 30.6 Å². The molecule has 1 aliphatic rings. The van der Waals surface area contributed by atoms with Crippen LogP contribution in [-0.2, 0) is 10.0 Å². The molecule has 5 nitrogen and oxygen atoms in total. The van der Waals surface area contributed by atoms with E-state index in [2.05, 4.69) is 0 Å². The summed E-state index contributed by atoms with van der Waals surface area (Å²) in [7, 11) is -1.89. The lowest BCUT2D eigenvalue weighted by Crippen LogP contribution is -2.32. The van der Waals surface area contributed by atoms with Gasteiger partial charge in [-0.2, -0.15) is 4.31 Å². The first-order chi connectivity index (χ1) is 14.5. The van der Waals surface area contributed by atoms with Gasteiger partial charge >= 0.3 is 0 Å². The maximum atomic E-state index is 13.1. The lowest BCUT2D eigenvalue weighted by atomic mass is 10.1. The van der Waals surface area contributed by atoms with Gasteiger partial charge in [0.1, 0.15) is 0 Å². The van der Waals surface area contributed by atoms with Gasteiger partial charge in [-0.25, -0.2) is 8.42 Å². The summed E-state index contributed by atoms with van der Waals surface area (Å²) in [5.74, 6) is -0.238. The smallest absolute Gasteiger partial charge is 0.258 e. The van der Waals surface area contributed by atoms with Gasteiger partial charge in [0.05, 0.1) is 4.90 Å². The van der Waals surface area contributed by atoms with E-state index in [1.807, 2.05) is 42.5 Å². The van der Waals surface area contributed by atoms with Crippen molar-refractivity contribution in [2.75, 3.05) is 25.0 Å². The van der Waals surface area contributed by atoms with E-state index in [9.17, 15) is 13.2 Å². The van der Waals surface area contributed by atoms with Crippen LogP contribution < -0.4 is 4.90 Å². The van der Waals surface area contributed by atoms with Gasteiger partial charge in [0, 0.05) is 31.4 Å². The normalized spacial score (nSPS) is 15.6. The Balaban J connectivity index is 1.61. The lowest BCUT2D eigenvalue weighted by Gasteiger charge is -2.21. The molecule has 6 heteroatoms. The molecule has 3 aromatic carbocycles. The van der Waals surface area contributed by atoms with E-state index in [1.165, 1.54) is 6.07 Å². The van der Waals surface area contributed by atoms with Crippen LogP contribution in [0.3, 0.4) is 0 Å². The van der Waals surface area contributed by atoms with E-state index in [0.717, 1.165) is 42.1 Å². The number of fused-ring (bicyclic) bond motifs is 1. The van der Waals surface area contributed by atoms with Gasteiger partial charge in [-0.05, 0) is 53.9 Å². The number of carbonyl (C=O) groups is 1. The zero-order chi connectivity index (χ0) is 21.1. The number of rotatable bonds is 4. The van der Waals surface area contributed by atoms with Crippen LogP contribution in [0, 0.1) is 0 Å². The maximum absolute atomic E-state index is 13.1. The average molecular weight is 423 g/mol. The number of hydrogen-bond donors (Lipinski definition) is 0. The Morgan fingerprint density at radius 2 is 1.53 bits per heavy atom. The summed E-state index contributed by atoms with van der Waals surface area (Å²) in [6.45, 7) is 1.08. The molecule has 0 unspecified atom stereocenters. The minimum absolute atomic E-state index is 0.183. The van der Waals surface area contributed by atoms with Gasteiger partial charge < -0.3 is 4.90 Å². The molecule has 3 aromatic rings. The summed E-state index contributed by atoms with van der Waals surface area (Å²) < 4.78 is 27.8. The second kappa shape index (κ2) is 8.58. The summed E-state index contributed by atoms with van der Waals surface area (Å²) >= 11 is 0. The third kappa shape index (κ3) is 4.11. The zero-order valence-corrected chi connectivity index (χ0v) is 17.9. The summed E-state index contributed by atoms with van der Waals surface area (Å²) in [6, 6.07) is 20.2.